The van der Waals surface area contributed by atoms with Gasteiger partial charge in [-0.3, -0.25) is 0 Å². The molecule has 100 valence electrons. The summed E-state index contributed by atoms with van der Waals surface area (Å²) in [5, 5.41) is 14.8. The fourth-order valence-electron chi connectivity index (χ4n) is 1.54. The lowest BCUT2D eigenvalue weighted by Crippen LogP contribution is -2.38. The van der Waals surface area contributed by atoms with Crippen LogP contribution in [0.1, 0.15) is 25.0 Å². The molecule has 18 heavy (non-hydrogen) atoms. The fourth-order valence-corrected chi connectivity index (χ4v) is 1.54. The van der Waals surface area contributed by atoms with Crippen LogP contribution in [-0.4, -0.2) is 23.7 Å². The molecule has 0 saturated carbocycles. The van der Waals surface area contributed by atoms with Gasteiger partial charge in [-0.15, -0.1) is 0 Å². The van der Waals surface area contributed by atoms with Crippen LogP contribution in [0.2, 0.25) is 0 Å². The molecule has 0 heterocycles. The second-order valence-corrected chi connectivity index (χ2v) is 4.03. The van der Waals surface area contributed by atoms with Crippen LogP contribution in [0.25, 0.3) is 0 Å². The quantitative estimate of drug-likeness (QED) is 0.296. The summed E-state index contributed by atoms with van der Waals surface area (Å²) in [7, 11) is 0. The summed E-state index contributed by atoms with van der Waals surface area (Å²) in [5.41, 5.74) is 7.82. The zero-order valence-corrected chi connectivity index (χ0v) is 10.9. The van der Waals surface area contributed by atoms with Crippen molar-refractivity contribution in [3.05, 3.63) is 35.4 Å². The molecule has 0 aliphatic carbocycles. The molecule has 0 spiro atoms. The lowest BCUT2D eigenvalue weighted by molar-refractivity contribution is 0.133. The average Bonchev–Trinajstić information content (AvgIpc) is 2.42. The number of rotatable bonds is 7. The largest absolute Gasteiger partial charge is 0.409 e. The van der Waals surface area contributed by atoms with Gasteiger partial charge in [0.2, 0.25) is 0 Å². The lowest BCUT2D eigenvalue weighted by atomic mass is 10.1. The van der Waals surface area contributed by atoms with Crippen LogP contribution in [0.5, 0.6) is 0 Å². The first-order chi connectivity index (χ1) is 8.69. The first-order valence-corrected chi connectivity index (χ1v) is 6.04. The van der Waals surface area contributed by atoms with E-state index in [0.29, 0.717) is 19.8 Å². The Kier molecular flexibility index (Phi) is 6.18. The predicted molar refractivity (Wildman–Crippen MR) is 71.5 cm³/mol. The van der Waals surface area contributed by atoms with Gasteiger partial charge in [-0.05, 0) is 25.0 Å². The Morgan fingerprint density at radius 1 is 1.44 bits per heavy atom. The molecule has 0 amide bonds. The third kappa shape index (κ3) is 4.35. The highest BCUT2D eigenvalue weighted by Crippen LogP contribution is 2.10. The summed E-state index contributed by atoms with van der Waals surface area (Å²) in [5.74, 6) is 0.178. The zero-order valence-electron chi connectivity index (χ0n) is 10.9. The Bertz CT molecular complexity index is 394. The Labute approximate surface area is 108 Å². The topological polar surface area (TPSA) is 79.9 Å². The number of ether oxygens (including phenoxy) is 1. The highest BCUT2D eigenvalue weighted by Gasteiger charge is 2.08. The van der Waals surface area contributed by atoms with Crippen molar-refractivity contribution in [1.29, 1.82) is 0 Å². The van der Waals surface area contributed by atoms with E-state index in [0.717, 1.165) is 11.1 Å². The number of nitrogens with two attached hydrogens (primary N) is 1. The van der Waals surface area contributed by atoms with Crippen LogP contribution in [0.4, 0.5) is 0 Å². The first-order valence-electron chi connectivity index (χ1n) is 6.04. The summed E-state index contributed by atoms with van der Waals surface area (Å²) in [6.07, 6.45) is 0. The van der Waals surface area contributed by atoms with Crippen molar-refractivity contribution < 1.29 is 9.94 Å². The molecule has 5 heteroatoms. The third-order valence-corrected chi connectivity index (χ3v) is 2.74. The summed E-state index contributed by atoms with van der Waals surface area (Å²) in [6.45, 7) is 5.77. The van der Waals surface area contributed by atoms with Gasteiger partial charge in [-0.1, -0.05) is 29.4 Å². The van der Waals surface area contributed by atoms with Gasteiger partial charge in [0.25, 0.3) is 0 Å². The minimum atomic E-state index is -0.171. The Morgan fingerprint density at radius 3 is 2.72 bits per heavy atom. The number of benzene rings is 1. The number of nitrogens with one attached hydrogen (secondary N) is 1. The van der Waals surface area contributed by atoms with Crippen molar-refractivity contribution in [1.82, 2.24) is 5.32 Å². The average molecular weight is 251 g/mol. The molecule has 1 aromatic carbocycles. The predicted octanol–water partition coefficient (Wildman–Crippen LogP) is 1.45. The molecule has 1 rings (SSSR count). The fraction of sp³-hybridized carbons (Fsp3) is 0.462. The molecular weight excluding hydrogens is 230 g/mol. The minimum absolute atomic E-state index is 0.171. The molecule has 5 nitrogen and oxygen atoms in total. The summed E-state index contributed by atoms with van der Waals surface area (Å²) < 4.78 is 5.42. The number of hydrogen-bond donors (Lipinski definition) is 3. The van der Waals surface area contributed by atoms with Gasteiger partial charge in [0.1, 0.15) is 0 Å². The first kappa shape index (κ1) is 14.5. The third-order valence-electron chi connectivity index (χ3n) is 2.74. The monoisotopic (exact) mass is 251 g/mol. The van der Waals surface area contributed by atoms with Crippen LogP contribution in [0.3, 0.4) is 0 Å². The summed E-state index contributed by atoms with van der Waals surface area (Å²) in [6, 6.07) is 7.89. The van der Waals surface area contributed by atoms with Crippen LogP contribution in [0, 0.1) is 0 Å². The zero-order chi connectivity index (χ0) is 13.4. The molecule has 0 aromatic heterocycles. The van der Waals surface area contributed by atoms with Gasteiger partial charge < -0.3 is 21.0 Å². The number of amidine groups is 1. The number of nitrogens with zero attached hydrogens (tertiary/aromatic N) is 1. The van der Waals surface area contributed by atoms with Crippen LogP contribution < -0.4 is 11.1 Å². The van der Waals surface area contributed by atoms with Gasteiger partial charge in [0, 0.05) is 13.2 Å². The molecule has 1 unspecified atom stereocenters. The van der Waals surface area contributed by atoms with Gasteiger partial charge >= 0.3 is 0 Å². The van der Waals surface area contributed by atoms with Crippen LogP contribution in [-0.2, 0) is 17.9 Å². The lowest BCUT2D eigenvalue weighted by Gasteiger charge is -2.14. The second kappa shape index (κ2) is 7.68. The molecule has 0 aliphatic heterocycles. The van der Waals surface area contributed by atoms with E-state index in [1.807, 2.05) is 38.1 Å². The van der Waals surface area contributed by atoms with E-state index in [1.165, 1.54) is 0 Å². The van der Waals surface area contributed by atoms with E-state index in [-0.39, 0.29) is 11.9 Å². The standard InChI is InChI=1S/C13H21N3O2/c1-3-18-9-12-7-5-4-6-11(12)8-15-10(2)13(14)16-17/h4-7,10,15,17H,3,8-9H2,1-2H3,(H2,14,16). The van der Waals surface area contributed by atoms with Crippen LogP contribution >= 0.6 is 0 Å². The number of oxime groups is 1. The molecule has 0 fully saturated rings. The van der Waals surface area contributed by atoms with Crippen molar-refractivity contribution in [2.75, 3.05) is 6.61 Å². The van der Waals surface area contributed by atoms with Gasteiger partial charge in [-0.25, -0.2) is 0 Å². The van der Waals surface area contributed by atoms with Gasteiger partial charge in [0.15, 0.2) is 5.84 Å². The van der Waals surface area contributed by atoms with E-state index in [1.54, 1.807) is 0 Å². The molecule has 1 aromatic rings. The highest BCUT2D eigenvalue weighted by atomic mass is 16.5. The molecule has 1 atom stereocenters. The van der Waals surface area contributed by atoms with E-state index >= 15 is 0 Å². The van der Waals surface area contributed by atoms with Gasteiger partial charge in [0.05, 0.1) is 12.6 Å². The molecule has 0 aliphatic rings. The SMILES string of the molecule is CCOCc1ccccc1CNC(C)/C(N)=N/O. The van der Waals surface area contributed by atoms with E-state index < -0.39 is 0 Å². The van der Waals surface area contributed by atoms with Crippen molar-refractivity contribution in [3.63, 3.8) is 0 Å². The summed E-state index contributed by atoms with van der Waals surface area (Å²) >= 11 is 0. The molecule has 0 radical (unpaired) electrons. The molecule has 0 bridgehead atoms. The van der Waals surface area contributed by atoms with E-state index in [9.17, 15) is 0 Å². The second-order valence-electron chi connectivity index (χ2n) is 4.03. The molecular formula is C13H21N3O2. The number of hydrogen-bond acceptors (Lipinski definition) is 4. The smallest absolute Gasteiger partial charge is 0.156 e. The van der Waals surface area contributed by atoms with Crippen molar-refractivity contribution in [3.8, 4) is 0 Å². The van der Waals surface area contributed by atoms with Crippen molar-refractivity contribution in [2.45, 2.75) is 33.0 Å². The van der Waals surface area contributed by atoms with Crippen molar-refractivity contribution in [2.24, 2.45) is 10.9 Å². The Balaban J connectivity index is 2.61. The normalized spacial score (nSPS) is 13.6. The minimum Gasteiger partial charge on any atom is -0.409 e. The van der Waals surface area contributed by atoms with Gasteiger partial charge in [-0.2, -0.15) is 0 Å². The maximum Gasteiger partial charge on any atom is 0.156 e. The Hall–Kier alpha value is -1.59. The van der Waals surface area contributed by atoms with Crippen LogP contribution in [0.15, 0.2) is 29.4 Å². The van der Waals surface area contributed by atoms with Crippen molar-refractivity contribution >= 4 is 5.84 Å². The van der Waals surface area contributed by atoms with E-state index in [2.05, 4.69) is 10.5 Å². The summed E-state index contributed by atoms with van der Waals surface area (Å²) in [4.78, 5) is 0. The molecule has 0 saturated heterocycles. The Morgan fingerprint density at radius 2 is 2.11 bits per heavy atom. The molecule has 4 N–H and O–H groups in total. The maximum absolute atomic E-state index is 8.58. The highest BCUT2D eigenvalue weighted by molar-refractivity contribution is 5.84. The maximum atomic E-state index is 8.58. The van der Waals surface area contributed by atoms with E-state index in [4.69, 9.17) is 15.7 Å².